The fraction of sp³-hybridized carbons (Fsp3) is 0.714. The van der Waals surface area contributed by atoms with Crippen LogP contribution in [0.15, 0.2) is 0 Å². The molecule has 0 aromatic rings. The van der Waals surface area contributed by atoms with Gasteiger partial charge in [0, 0.05) is 26.2 Å². The number of carbonyl (C=O) groups is 2. The first-order chi connectivity index (χ1) is 6.52. The molecule has 0 aromatic carbocycles. The van der Waals surface area contributed by atoms with Gasteiger partial charge >= 0.3 is 10.6 Å². The van der Waals surface area contributed by atoms with E-state index in [2.05, 4.69) is 17.3 Å². The molecule has 3 N–H and O–H groups in total. The third-order valence-corrected chi connectivity index (χ3v) is 1.86. The van der Waals surface area contributed by atoms with E-state index in [0.29, 0.717) is 0 Å². The monoisotopic (exact) mass is 222 g/mol. The van der Waals surface area contributed by atoms with Gasteiger partial charge in [0.15, 0.2) is 0 Å². The second-order valence-electron chi connectivity index (χ2n) is 2.69. The summed E-state index contributed by atoms with van der Waals surface area (Å²) in [7, 11) is 2.15. The summed E-state index contributed by atoms with van der Waals surface area (Å²) < 4.78 is 0. The molecule has 0 amide bonds. The zero-order chi connectivity index (χ0) is 11.0. The maximum atomic E-state index is 9.39. The largest absolute Gasteiger partial charge is 0.473 e. The predicted molar refractivity (Wildman–Crippen MR) is 54.0 cm³/mol. The average molecular weight is 222 g/mol. The zero-order valence-electron chi connectivity index (χ0n) is 7.89. The van der Waals surface area contributed by atoms with Crippen LogP contribution >= 0.6 is 11.8 Å². The van der Waals surface area contributed by atoms with Crippen molar-refractivity contribution in [3.05, 3.63) is 0 Å². The molecule has 0 radical (unpaired) electrons. The Bertz CT molecular complexity index is 182. The van der Waals surface area contributed by atoms with Crippen molar-refractivity contribution in [2.75, 3.05) is 33.2 Å². The molecule has 0 aromatic heterocycles. The number of piperazine rings is 1. The normalized spacial score (nSPS) is 16.6. The van der Waals surface area contributed by atoms with Crippen LogP contribution in [0, 0.1) is 0 Å². The lowest BCUT2D eigenvalue weighted by atomic mass is 10.4. The lowest BCUT2D eigenvalue weighted by Gasteiger charge is -2.21. The number of likely N-dealkylation sites (N-methyl/N-ethyl adjacent to an activating group) is 1. The van der Waals surface area contributed by atoms with Crippen LogP contribution in [0.2, 0.25) is 0 Å². The standard InChI is InChI=1S/C5H12N2.C2H2O4S/c1-7-4-2-6-3-5-7;3-1(4)7-2(5)6/h6H,2-5H2,1H3;(H,3,4)(H,5,6). The van der Waals surface area contributed by atoms with E-state index in [4.69, 9.17) is 10.2 Å². The molecular weight excluding hydrogens is 208 g/mol. The van der Waals surface area contributed by atoms with Gasteiger partial charge in [-0.1, -0.05) is 0 Å². The summed E-state index contributed by atoms with van der Waals surface area (Å²) in [4.78, 5) is 21.1. The molecule has 0 aliphatic carbocycles. The van der Waals surface area contributed by atoms with Crippen molar-refractivity contribution in [1.29, 1.82) is 0 Å². The lowest BCUT2D eigenvalue weighted by Crippen LogP contribution is -2.40. The highest BCUT2D eigenvalue weighted by atomic mass is 32.2. The van der Waals surface area contributed by atoms with Gasteiger partial charge in [0.05, 0.1) is 11.8 Å². The van der Waals surface area contributed by atoms with Gasteiger partial charge < -0.3 is 20.4 Å². The molecule has 1 saturated heterocycles. The van der Waals surface area contributed by atoms with E-state index < -0.39 is 10.6 Å². The minimum Gasteiger partial charge on any atom is -0.473 e. The van der Waals surface area contributed by atoms with Gasteiger partial charge in [-0.3, -0.25) is 0 Å². The highest BCUT2D eigenvalue weighted by Gasteiger charge is 2.03. The van der Waals surface area contributed by atoms with Gasteiger partial charge in [0.25, 0.3) is 0 Å². The Morgan fingerprint density at radius 2 is 1.64 bits per heavy atom. The fourth-order valence-corrected chi connectivity index (χ4v) is 1.00. The van der Waals surface area contributed by atoms with E-state index in [9.17, 15) is 9.59 Å². The van der Waals surface area contributed by atoms with Crippen molar-refractivity contribution < 1.29 is 19.8 Å². The van der Waals surface area contributed by atoms with Gasteiger partial charge in [-0.05, 0) is 7.05 Å². The molecule has 1 fully saturated rings. The van der Waals surface area contributed by atoms with E-state index in [1.165, 1.54) is 13.1 Å². The second kappa shape index (κ2) is 7.60. The van der Waals surface area contributed by atoms with Crippen molar-refractivity contribution in [2.45, 2.75) is 0 Å². The molecule has 0 saturated carbocycles. The van der Waals surface area contributed by atoms with Crippen molar-refractivity contribution in [2.24, 2.45) is 0 Å². The highest BCUT2D eigenvalue weighted by molar-refractivity contribution is 8.25. The van der Waals surface area contributed by atoms with Crippen LogP contribution in [0.4, 0.5) is 9.59 Å². The Labute approximate surface area is 86.3 Å². The fourth-order valence-electron chi connectivity index (χ4n) is 0.851. The van der Waals surface area contributed by atoms with Crippen molar-refractivity contribution in [3.8, 4) is 0 Å². The van der Waals surface area contributed by atoms with Gasteiger partial charge in [0.1, 0.15) is 0 Å². The van der Waals surface area contributed by atoms with Crippen LogP contribution in [-0.2, 0) is 0 Å². The van der Waals surface area contributed by atoms with Crippen LogP contribution < -0.4 is 5.32 Å². The minimum atomic E-state index is -1.40. The number of nitrogens with one attached hydrogen (secondary N) is 1. The Morgan fingerprint density at radius 3 is 1.79 bits per heavy atom. The number of thioether (sulfide) groups is 1. The quantitative estimate of drug-likeness (QED) is 0.552. The number of hydrogen-bond donors (Lipinski definition) is 3. The molecule has 7 heteroatoms. The molecule has 1 rings (SSSR count). The van der Waals surface area contributed by atoms with E-state index in [1.54, 1.807) is 0 Å². The minimum absolute atomic E-state index is 0.157. The molecule has 1 aliphatic rings. The number of carboxylic acid groups (broad SMARTS) is 2. The van der Waals surface area contributed by atoms with Crippen molar-refractivity contribution >= 4 is 22.4 Å². The molecule has 0 bridgehead atoms. The van der Waals surface area contributed by atoms with Crippen LogP contribution in [-0.4, -0.2) is 58.9 Å². The summed E-state index contributed by atoms with van der Waals surface area (Å²) in [5.41, 5.74) is 0. The Balaban J connectivity index is 0.000000241. The maximum Gasteiger partial charge on any atom is 0.376 e. The van der Waals surface area contributed by atoms with Crippen LogP contribution in [0.1, 0.15) is 0 Å². The smallest absolute Gasteiger partial charge is 0.376 e. The molecule has 0 unspecified atom stereocenters. The van der Waals surface area contributed by atoms with E-state index in [-0.39, 0.29) is 11.8 Å². The molecule has 82 valence electrons. The van der Waals surface area contributed by atoms with Gasteiger partial charge in [0.2, 0.25) is 0 Å². The lowest BCUT2D eigenvalue weighted by molar-refractivity contribution is 0.217. The predicted octanol–water partition coefficient (Wildman–Crippen LogP) is 0.597. The first-order valence-corrected chi connectivity index (χ1v) is 4.87. The summed E-state index contributed by atoms with van der Waals surface area (Å²) in [6.07, 6.45) is 0. The van der Waals surface area contributed by atoms with Gasteiger partial charge in [-0.25, -0.2) is 9.59 Å². The number of rotatable bonds is 0. The van der Waals surface area contributed by atoms with Crippen LogP contribution in [0.25, 0.3) is 0 Å². The Kier molecular flexibility index (Phi) is 7.17. The summed E-state index contributed by atoms with van der Waals surface area (Å²) in [6.45, 7) is 4.74. The number of hydrogen-bond acceptors (Lipinski definition) is 5. The van der Waals surface area contributed by atoms with Crippen LogP contribution in [0.5, 0.6) is 0 Å². The number of nitrogens with zero attached hydrogens (tertiary/aromatic N) is 1. The first-order valence-electron chi connectivity index (χ1n) is 4.05. The zero-order valence-corrected chi connectivity index (χ0v) is 8.71. The van der Waals surface area contributed by atoms with E-state index >= 15 is 0 Å². The SMILES string of the molecule is CN1CCNCC1.O=C(O)SC(=O)O. The molecule has 14 heavy (non-hydrogen) atoms. The van der Waals surface area contributed by atoms with Gasteiger partial charge in [-0.2, -0.15) is 0 Å². The average Bonchev–Trinajstić information content (AvgIpc) is 2.03. The molecule has 1 aliphatic heterocycles. The molecule has 1 heterocycles. The Hall–Kier alpha value is -0.790. The third-order valence-electron chi connectivity index (χ3n) is 1.52. The molecule has 0 spiro atoms. The second-order valence-corrected chi connectivity index (χ2v) is 3.59. The van der Waals surface area contributed by atoms with E-state index in [1.807, 2.05) is 0 Å². The first kappa shape index (κ1) is 13.2. The maximum absolute atomic E-state index is 9.39. The van der Waals surface area contributed by atoms with Crippen LogP contribution in [0.3, 0.4) is 0 Å². The molecule has 6 nitrogen and oxygen atoms in total. The van der Waals surface area contributed by atoms with Gasteiger partial charge in [-0.15, -0.1) is 0 Å². The Morgan fingerprint density at radius 1 is 1.21 bits per heavy atom. The summed E-state index contributed by atoms with van der Waals surface area (Å²) in [5.74, 6) is 0. The topological polar surface area (TPSA) is 89.9 Å². The molecular formula is C7H14N2O4S. The third kappa shape index (κ3) is 9.30. The van der Waals surface area contributed by atoms with E-state index in [0.717, 1.165) is 13.1 Å². The molecule has 0 atom stereocenters. The van der Waals surface area contributed by atoms with Crippen molar-refractivity contribution in [3.63, 3.8) is 0 Å². The van der Waals surface area contributed by atoms with Crippen molar-refractivity contribution in [1.82, 2.24) is 10.2 Å². The summed E-state index contributed by atoms with van der Waals surface area (Å²) in [6, 6.07) is 0. The highest BCUT2D eigenvalue weighted by Crippen LogP contribution is 1.99. The summed E-state index contributed by atoms with van der Waals surface area (Å²) in [5, 5.41) is 15.8. The summed E-state index contributed by atoms with van der Waals surface area (Å²) >= 11 is -0.157.